The predicted octanol–water partition coefficient (Wildman–Crippen LogP) is 1.96. The first-order chi connectivity index (χ1) is 12.7. The van der Waals surface area contributed by atoms with E-state index in [1.807, 2.05) is 37.3 Å². The summed E-state index contributed by atoms with van der Waals surface area (Å²) in [5, 5.41) is 18.7. The molecule has 148 valence electrons. The van der Waals surface area contributed by atoms with E-state index in [0.29, 0.717) is 31.4 Å². The van der Waals surface area contributed by atoms with Crippen LogP contribution in [0.15, 0.2) is 58.1 Å². The maximum absolute atomic E-state index is 11.8. The molecule has 0 radical (unpaired) electrons. The molecule has 1 aromatic heterocycles. The second kappa shape index (κ2) is 13.2. The third-order valence-corrected chi connectivity index (χ3v) is 3.75. The molecule has 0 fully saturated rings. The number of nitrogens with zero attached hydrogens (tertiary/aromatic N) is 1. The van der Waals surface area contributed by atoms with Crippen molar-refractivity contribution in [2.45, 2.75) is 12.8 Å². The van der Waals surface area contributed by atoms with Gasteiger partial charge in [0.25, 0.3) is 5.91 Å². The first kappa shape index (κ1) is 23.0. The van der Waals surface area contributed by atoms with Crippen LogP contribution in [-0.2, 0) is 0 Å². The second-order valence-corrected chi connectivity index (χ2v) is 5.67. The zero-order valence-electron chi connectivity index (χ0n) is 15.4. The summed E-state index contributed by atoms with van der Waals surface area (Å²) in [7, 11) is 0. The molecule has 1 atom stereocenters. The van der Waals surface area contributed by atoms with Gasteiger partial charge in [0.1, 0.15) is 0 Å². The molecule has 0 spiro atoms. The molecule has 8 heteroatoms. The van der Waals surface area contributed by atoms with Gasteiger partial charge in [-0.15, -0.1) is 24.0 Å². The summed E-state index contributed by atoms with van der Waals surface area (Å²) in [6.07, 6.45) is 1.47. The molecule has 1 heterocycles. The van der Waals surface area contributed by atoms with E-state index in [2.05, 4.69) is 20.9 Å². The summed E-state index contributed by atoms with van der Waals surface area (Å²) in [6.45, 7) is 4.16. The van der Waals surface area contributed by atoms with Crippen molar-refractivity contribution in [3.05, 3.63) is 60.1 Å². The zero-order chi connectivity index (χ0) is 18.6. The maximum atomic E-state index is 11.8. The highest BCUT2D eigenvalue weighted by atomic mass is 127. The van der Waals surface area contributed by atoms with Gasteiger partial charge in [-0.05, 0) is 24.6 Å². The molecule has 0 aliphatic carbocycles. The number of hydrogen-bond donors (Lipinski definition) is 4. The molecule has 7 nitrogen and oxygen atoms in total. The number of aliphatic imine (C=N–C) groups is 1. The Kier molecular flexibility index (Phi) is 11.2. The number of amides is 1. The van der Waals surface area contributed by atoms with E-state index in [1.165, 1.54) is 6.26 Å². The summed E-state index contributed by atoms with van der Waals surface area (Å²) < 4.78 is 5.04. The second-order valence-electron chi connectivity index (χ2n) is 5.67. The number of guanidine groups is 1. The molecule has 27 heavy (non-hydrogen) atoms. The van der Waals surface area contributed by atoms with Crippen LogP contribution in [0.5, 0.6) is 0 Å². The van der Waals surface area contributed by atoms with Crippen molar-refractivity contribution in [1.82, 2.24) is 16.0 Å². The minimum atomic E-state index is -0.247. The number of halogens is 1. The van der Waals surface area contributed by atoms with Crippen LogP contribution in [0.2, 0.25) is 0 Å². The fourth-order valence-electron chi connectivity index (χ4n) is 2.39. The molecule has 0 aliphatic heterocycles. The Labute approximate surface area is 176 Å². The molecule has 1 aromatic carbocycles. The minimum absolute atomic E-state index is 0. The van der Waals surface area contributed by atoms with Crippen molar-refractivity contribution < 1.29 is 14.3 Å². The lowest BCUT2D eigenvalue weighted by molar-refractivity contribution is 0.0926. The first-order valence-corrected chi connectivity index (χ1v) is 8.74. The molecule has 1 unspecified atom stereocenters. The van der Waals surface area contributed by atoms with Gasteiger partial charge in [-0.1, -0.05) is 30.3 Å². The van der Waals surface area contributed by atoms with Crippen LogP contribution in [0.1, 0.15) is 29.0 Å². The van der Waals surface area contributed by atoms with Crippen LogP contribution in [0.4, 0.5) is 0 Å². The molecular weight excluding hydrogens is 459 g/mol. The number of nitrogens with one attached hydrogen (secondary N) is 3. The van der Waals surface area contributed by atoms with E-state index >= 15 is 0 Å². The molecule has 2 aromatic rings. The van der Waals surface area contributed by atoms with Gasteiger partial charge < -0.3 is 25.5 Å². The quantitative estimate of drug-likeness (QED) is 0.188. The number of carbonyl (C=O) groups is 1. The SMILES string of the molecule is CCNC(=NCC(CO)c1ccccc1)NCCNC(=O)c1ccco1.I. The number of carbonyl (C=O) groups excluding carboxylic acids is 1. The molecular formula is C19H27IN4O3. The smallest absolute Gasteiger partial charge is 0.287 e. The van der Waals surface area contributed by atoms with Crippen molar-refractivity contribution in [3.63, 3.8) is 0 Å². The normalized spacial score (nSPS) is 12.0. The fraction of sp³-hybridized carbons (Fsp3) is 0.368. The molecule has 0 saturated heterocycles. The first-order valence-electron chi connectivity index (χ1n) is 8.74. The Balaban J connectivity index is 0.00000364. The molecule has 2 rings (SSSR count). The van der Waals surface area contributed by atoms with Gasteiger partial charge in [0.15, 0.2) is 11.7 Å². The predicted molar refractivity (Wildman–Crippen MR) is 117 cm³/mol. The van der Waals surface area contributed by atoms with Crippen LogP contribution in [0, 0.1) is 0 Å². The van der Waals surface area contributed by atoms with Crippen molar-refractivity contribution >= 4 is 35.8 Å². The van der Waals surface area contributed by atoms with Crippen molar-refractivity contribution in [2.24, 2.45) is 4.99 Å². The number of furan rings is 1. The van der Waals surface area contributed by atoms with Gasteiger partial charge in [0.05, 0.1) is 19.4 Å². The number of hydrogen-bond acceptors (Lipinski definition) is 4. The lowest BCUT2D eigenvalue weighted by atomic mass is 10.0. The summed E-state index contributed by atoms with van der Waals surface area (Å²) in [5.74, 6) is 0.641. The molecule has 4 N–H and O–H groups in total. The van der Waals surface area contributed by atoms with Crippen molar-refractivity contribution in [2.75, 3.05) is 32.8 Å². The van der Waals surface area contributed by atoms with E-state index in [9.17, 15) is 9.90 Å². The van der Waals surface area contributed by atoms with Crippen LogP contribution in [0.25, 0.3) is 0 Å². The van der Waals surface area contributed by atoms with Crippen LogP contribution in [0.3, 0.4) is 0 Å². The van der Waals surface area contributed by atoms with Crippen LogP contribution >= 0.6 is 24.0 Å². The van der Waals surface area contributed by atoms with Gasteiger partial charge >= 0.3 is 0 Å². The van der Waals surface area contributed by atoms with Crippen LogP contribution in [-0.4, -0.2) is 49.8 Å². The van der Waals surface area contributed by atoms with Gasteiger partial charge in [0.2, 0.25) is 0 Å². The lowest BCUT2D eigenvalue weighted by Crippen LogP contribution is -2.41. The highest BCUT2D eigenvalue weighted by Gasteiger charge is 2.10. The standard InChI is InChI=1S/C19H26N4O3.HI/c1-2-20-19(22-11-10-21-18(25)17-9-6-12-26-17)23-13-16(14-24)15-7-4-3-5-8-15;/h3-9,12,16,24H,2,10-11,13-14H2,1H3,(H,21,25)(H2,20,22,23);1H. The van der Waals surface area contributed by atoms with Gasteiger partial charge in [-0.3, -0.25) is 9.79 Å². The Bertz CT molecular complexity index is 678. The molecule has 0 saturated carbocycles. The Hall–Kier alpha value is -2.07. The van der Waals surface area contributed by atoms with E-state index in [-0.39, 0.29) is 42.4 Å². The lowest BCUT2D eigenvalue weighted by Gasteiger charge is -2.15. The topological polar surface area (TPSA) is 98.9 Å². The van der Waals surface area contributed by atoms with E-state index in [4.69, 9.17) is 4.42 Å². The van der Waals surface area contributed by atoms with Crippen LogP contribution < -0.4 is 16.0 Å². The van der Waals surface area contributed by atoms with Gasteiger partial charge in [-0.2, -0.15) is 0 Å². The fourth-order valence-corrected chi connectivity index (χ4v) is 2.39. The summed E-state index contributed by atoms with van der Waals surface area (Å²) in [5.41, 5.74) is 1.06. The molecule has 1 amide bonds. The van der Waals surface area contributed by atoms with Crippen molar-refractivity contribution in [1.29, 1.82) is 0 Å². The molecule has 0 aliphatic rings. The third-order valence-electron chi connectivity index (χ3n) is 3.75. The highest BCUT2D eigenvalue weighted by molar-refractivity contribution is 14.0. The third kappa shape index (κ3) is 8.00. The Morgan fingerprint density at radius 1 is 1.11 bits per heavy atom. The van der Waals surface area contributed by atoms with E-state index < -0.39 is 0 Å². The van der Waals surface area contributed by atoms with E-state index in [0.717, 1.165) is 12.1 Å². The monoisotopic (exact) mass is 486 g/mol. The summed E-state index contributed by atoms with van der Waals surface area (Å²) in [4.78, 5) is 16.3. The van der Waals surface area contributed by atoms with Crippen molar-refractivity contribution in [3.8, 4) is 0 Å². The highest BCUT2D eigenvalue weighted by Crippen LogP contribution is 2.14. The van der Waals surface area contributed by atoms with Gasteiger partial charge in [-0.25, -0.2) is 0 Å². The number of benzene rings is 1. The average molecular weight is 486 g/mol. The summed E-state index contributed by atoms with van der Waals surface area (Å²) >= 11 is 0. The average Bonchev–Trinajstić information content (AvgIpc) is 3.21. The largest absolute Gasteiger partial charge is 0.459 e. The van der Waals surface area contributed by atoms with Gasteiger partial charge in [0, 0.05) is 25.6 Å². The number of rotatable bonds is 9. The number of aliphatic hydroxyl groups is 1. The number of aliphatic hydroxyl groups excluding tert-OH is 1. The zero-order valence-corrected chi connectivity index (χ0v) is 17.7. The van der Waals surface area contributed by atoms with E-state index in [1.54, 1.807) is 12.1 Å². The Morgan fingerprint density at radius 3 is 2.48 bits per heavy atom. The summed E-state index contributed by atoms with van der Waals surface area (Å²) in [6, 6.07) is 13.1. The minimum Gasteiger partial charge on any atom is -0.459 e. The Morgan fingerprint density at radius 2 is 1.85 bits per heavy atom. The maximum Gasteiger partial charge on any atom is 0.287 e. The molecule has 0 bridgehead atoms.